The van der Waals surface area contributed by atoms with Gasteiger partial charge in [-0.3, -0.25) is 9.59 Å². The Bertz CT molecular complexity index is 409. The highest BCUT2D eigenvalue weighted by Crippen LogP contribution is 1.93. The minimum absolute atomic E-state index is 0.0947. The van der Waals surface area contributed by atoms with Crippen molar-refractivity contribution in [2.45, 2.75) is 0 Å². The summed E-state index contributed by atoms with van der Waals surface area (Å²) >= 11 is 0. The van der Waals surface area contributed by atoms with Crippen molar-refractivity contribution in [3.8, 4) is 6.07 Å². The second kappa shape index (κ2) is 3.58. The molecule has 1 heterocycles. The van der Waals surface area contributed by atoms with Gasteiger partial charge in [-0.15, -0.1) is 0 Å². The summed E-state index contributed by atoms with van der Waals surface area (Å²) in [7, 11) is 1.39. The van der Waals surface area contributed by atoms with Gasteiger partial charge in [0.1, 0.15) is 6.54 Å². The number of nitrogens with one attached hydrogen (secondary N) is 1. The van der Waals surface area contributed by atoms with Crippen LogP contribution in [-0.2, 0) is 7.05 Å². The van der Waals surface area contributed by atoms with Crippen molar-refractivity contribution in [3.05, 3.63) is 22.2 Å². The third-order valence-corrected chi connectivity index (χ3v) is 1.35. The fourth-order valence-corrected chi connectivity index (χ4v) is 0.736. The zero-order valence-corrected chi connectivity index (χ0v) is 6.90. The molecule has 68 valence electrons. The maximum atomic E-state index is 11.1. The van der Waals surface area contributed by atoms with Crippen LogP contribution in [0.1, 0.15) is 10.6 Å². The van der Waals surface area contributed by atoms with Crippen molar-refractivity contribution in [3.63, 3.8) is 0 Å². The molecule has 1 amide bonds. The molecule has 1 aromatic heterocycles. The summed E-state index contributed by atoms with van der Waals surface area (Å²) in [6.07, 6.45) is 0. The number of rotatable bonds is 2. The van der Waals surface area contributed by atoms with Gasteiger partial charge in [-0.25, -0.2) is 0 Å². The molecule has 0 fully saturated rings. The quantitative estimate of drug-likeness (QED) is 0.607. The molecule has 0 aliphatic heterocycles. The van der Waals surface area contributed by atoms with E-state index in [0.717, 1.165) is 10.8 Å². The van der Waals surface area contributed by atoms with Gasteiger partial charge >= 0.3 is 0 Å². The van der Waals surface area contributed by atoms with Crippen LogP contribution in [0.3, 0.4) is 0 Å². The highest BCUT2D eigenvalue weighted by Gasteiger charge is 2.11. The first-order valence-corrected chi connectivity index (χ1v) is 3.47. The minimum atomic E-state index is -0.570. The Hall–Kier alpha value is -2.03. The van der Waals surface area contributed by atoms with Crippen molar-refractivity contribution >= 4 is 5.91 Å². The van der Waals surface area contributed by atoms with E-state index < -0.39 is 11.5 Å². The molecule has 0 saturated carbocycles. The molecule has 0 bridgehead atoms. The summed E-state index contributed by atoms with van der Waals surface area (Å²) in [6.45, 7) is -0.114. The number of carbonyl (C=O) groups is 1. The fourth-order valence-electron chi connectivity index (χ4n) is 0.736. The third-order valence-electron chi connectivity index (χ3n) is 1.35. The van der Waals surface area contributed by atoms with Crippen molar-refractivity contribution in [2.24, 2.45) is 7.05 Å². The lowest BCUT2D eigenvalue weighted by Crippen LogP contribution is -2.23. The fraction of sp³-hybridized carbons (Fsp3) is 0.286. The van der Waals surface area contributed by atoms with Gasteiger partial charge in [0.25, 0.3) is 11.5 Å². The lowest BCUT2D eigenvalue weighted by Gasteiger charge is -1.93. The Morgan fingerprint density at radius 1 is 1.85 bits per heavy atom. The first kappa shape index (κ1) is 9.06. The van der Waals surface area contributed by atoms with Crippen LogP contribution in [0.15, 0.2) is 15.4 Å². The average Bonchev–Trinajstić information content (AvgIpc) is 2.43. The third kappa shape index (κ3) is 1.96. The number of carbonyl (C=O) groups excluding carboxylic acids is 1. The van der Waals surface area contributed by atoms with Gasteiger partial charge in [-0.2, -0.15) is 10.0 Å². The number of hydrogen-bond acceptors (Lipinski definition) is 4. The molecule has 0 radical (unpaired) electrons. The minimum Gasteiger partial charge on any atom is -0.371 e. The van der Waals surface area contributed by atoms with Crippen molar-refractivity contribution in [1.82, 2.24) is 10.1 Å². The molecule has 1 N–H and O–H groups in total. The zero-order chi connectivity index (χ0) is 9.84. The molecule has 0 saturated heterocycles. The Morgan fingerprint density at radius 3 is 3.00 bits per heavy atom. The number of nitriles is 1. The SMILES string of the molecule is Cn1oc(C(=O)NCC#N)cc1=O. The van der Waals surface area contributed by atoms with E-state index in [1.54, 1.807) is 6.07 Å². The highest BCUT2D eigenvalue weighted by molar-refractivity contribution is 5.91. The van der Waals surface area contributed by atoms with Crippen LogP contribution in [0.5, 0.6) is 0 Å². The predicted molar refractivity (Wildman–Crippen MR) is 41.9 cm³/mol. The number of aryl methyl sites for hydroxylation is 1. The molecular formula is C7H7N3O3. The van der Waals surface area contributed by atoms with E-state index in [-0.39, 0.29) is 12.3 Å². The molecule has 0 aliphatic carbocycles. The molecular weight excluding hydrogens is 174 g/mol. The molecule has 1 rings (SSSR count). The van der Waals surface area contributed by atoms with Crippen LogP contribution in [-0.4, -0.2) is 17.2 Å². The van der Waals surface area contributed by atoms with Gasteiger partial charge in [0.05, 0.1) is 12.1 Å². The molecule has 0 aromatic carbocycles. The van der Waals surface area contributed by atoms with E-state index >= 15 is 0 Å². The standard InChI is InChI=1S/C7H7N3O3/c1-10-6(11)4-5(13-10)7(12)9-3-2-8/h4H,3H2,1H3,(H,9,12). The maximum Gasteiger partial charge on any atom is 0.290 e. The van der Waals surface area contributed by atoms with Crippen molar-refractivity contribution in [2.75, 3.05) is 6.54 Å². The van der Waals surface area contributed by atoms with Gasteiger partial charge in [-0.1, -0.05) is 0 Å². The lowest BCUT2D eigenvalue weighted by atomic mass is 10.4. The number of aromatic nitrogens is 1. The first-order chi connectivity index (χ1) is 6.15. The summed E-state index contributed by atoms with van der Waals surface area (Å²) in [5.41, 5.74) is -0.401. The number of nitrogens with zero attached hydrogens (tertiary/aromatic N) is 2. The largest absolute Gasteiger partial charge is 0.371 e. The highest BCUT2D eigenvalue weighted by atomic mass is 16.5. The molecule has 0 aliphatic rings. The predicted octanol–water partition coefficient (Wildman–Crippen LogP) is -0.768. The number of amides is 1. The van der Waals surface area contributed by atoms with E-state index in [2.05, 4.69) is 5.32 Å². The monoisotopic (exact) mass is 181 g/mol. The molecule has 0 atom stereocenters. The summed E-state index contributed by atoms with van der Waals surface area (Å²) in [5, 5.41) is 10.4. The molecule has 6 nitrogen and oxygen atoms in total. The first-order valence-electron chi connectivity index (χ1n) is 3.47. The summed E-state index contributed by atoms with van der Waals surface area (Å²) in [4.78, 5) is 21.9. The van der Waals surface area contributed by atoms with Crippen molar-refractivity contribution < 1.29 is 9.32 Å². The van der Waals surface area contributed by atoms with Crippen LogP contribution >= 0.6 is 0 Å². The molecule has 13 heavy (non-hydrogen) atoms. The summed E-state index contributed by atoms with van der Waals surface area (Å²) in [5.74, 6) is -0.665. The van der Waals surface area contributed by atoms with Gasteiger partial charge in [0, 0.05) is 7.05 Å². The zero-order valence-electron chi connectivity index (χ0n) is 6.90. The van der Waals surface area contributed by atoms with Crippen molar-refractivity contribution in [1.29, 1.82) is 5.26 Å². The van der Waals surface area contributed by atoms with Gasteiger partial charge in [0.2, 0.25) is 5.76 Å². The molecule has 6 heteroatoms. The topological polar surface area (TPSA) is 88.0 Å². The molecule has 0 spiro atoms. The van der Waals surface area contributed by atoms with E-state index in [1.807, 2.05) is 0 Å². The summed E-state index contributed by atoms with van der Waals surface area (Å²) < 4.78 is 5.69. The second-order valence-electron chi connectivity index (χ2n) is 2.28. The molecule has 1 aromatic rings. The average molecular weight is 181 g/mol. The normalized spacial score (nSPS) is 9.23. The second-order valence-corrected chi connectivity index (χ2v) is 2.28. The Morgan fingerprint density at radius 2 is 2.54 bits per heavy atom. The number of hydrogen-bond donors (Lipinski definition) is 1. The van der Waals surface area contributed by atoms with E-state index in [0.29, 0.717) is 0 Å². The van der Waals surface area contributed by atoms with Crippen LogP contribution in [0.2, 0.25) is 0 Å². The van der Waals surface area contributed by atoms with Crippen LogP contribution in [0.4, 0.5) is 0 Å². The van der Waals surface area contributed by atoms with Crippen LogP contribution < -0.4 is 10.9 Å². The Labute approximate surface area is 73.3 Å². The Kier molecular flexibility index (Phi) is 2.50. The Balaban J connectivity index is 2.79. The van der Waals surface area contributed by atoms with Gasteiger partial charge in [-0.05, 0) is 0 Å². The lowest BCUT2D eigenvalue weighted by molar-refractivity contribution is 0.0908. The molecule has 0 unspecified atom stereocenters. The van der Waals surface area contributed by atoms with Crippen LogP contribution in [0, 0.1) is 11.3 Å². The van der Waals surface area contributed by atoms with Gasteiger partial charge < -0.3 is 9.84 Å². The van der Waals surface area contributed by atoms with E-state index in [9.17, 15) is 9.59 Å². The van der Waals surface area contributed by atoms with Crippen LogP contribution in [0.25, 0.3) is 0 Å². The van der Waals surface area contributed by atoms with E-state index in [1.165, 1.54) is 7.05 Å². The summed E-state index contributed by atoms with van der Waals surface area (Å²) in [6, 6.07) is 2.79. The maximum absolute atomic E-state index is 11.1. The van der Waals surface area contributed by atoms with E-state index in [4.69, 9.17) is 9.78 Å². The smallest absolute Gasteiger partial charge is 0.290 e. The van der Waals surface area contributed by atoms with Gasteiger partial charge in [0.15, 0.2) is 0 Å².